The zero-order valence-corrected chi connectivity index (χ0v) is 37.7. The molecule has 1 aliphatic heterocycles. The van der Waals surface area contributed by atoms with Crippen molar-refractivity contribution in [1.29, 1.82) is 0 Å². The van der Waals surface area contributed by atoms with Gasteiger partial charge in [-0.05, 0) is 178 Å². The summed E-state index contributed by atoms with van der Waals surface area (Å²) in [5.41, 5.74) is 10.5. The molecule has 1 fully saturated rings. The molecule has 0 saturated carbocycles. The van der Waals surface area contributed by atoms with E-state index in [0.717, 1.165) is 93.2 Å². The highest BCUT2D eigenvalue weighted by Gasteiger charge is 2.23. The van der Waals surface area contributed by atoms with E-state index in [1.165, 1.54) is 0 Å². The maximum Gasteiger partial charge on any atom is 0.158 e. The van der Waals surface area contributed by atoms with E-state index in [1.807, 2.05) is 121 Å². The van der Waals surface area contributed by atoms with E-state index in [9.17, 15) is 10.2 Å². The molecule has 6 aromatic rings. The fourth-order valence-corrected chi connectivity index (χ4v) is 8.12. The average molecular weight is 1020 g/mol. The molecular weight excluding hydrogens is 982 g/mol. The Morgan fingerprint density at radius 1 is 0.475 bits per heavy atom. The fraction of sp³-hybridized carbons (Fsp3) is 0.185. The monoisotopic (exact) mass is 1020 g/mol. The molecule has 0 aromatic heterocycles. The van der Waals surface area contributed by atoms with Gasteiger partial charge in [-0.2, -0.15) is 0 Å². The SMILES string of the molecule is OCc1cc(I)cc(C#Cc2cccc(C#Cc3cc(C#Cc4cccc(C#Cc5cc(I)cc(CO)c5)c4)cc(COC4CCCC(COCc5ccccc5)O4)c3)c2)c1. The van der Waals surface area contributed by atoms with Gasteiger partial charge in [-0.15, -0.1) is 0 Å². The van der Waals surface area contributed by atoms with Crippen molar-refractivity contribution in [3.8, 4) is 47.4 Å². The molecule has 0 amide bonds. The van der Waals surface area contributed by atoms with Gasteiger partial charge in [0.15, 0.2) is 6.29 Å². The lowest BCUT2D eigenvalue weighted by molar-refractivity contribution is -0.210. The van der Waals surface area contributed by atoms with Gasteiger partial charge in [0, 0.05) is 51.6 Å². The maximum absolute atomic E-state index is 9.61. The Bertz CT molecular complexity index is 2580. The zero-order valence-electron chi connectivity index (χ0n) is 33.4. The van der Waals surface area contributed by atoms with Crippen LogP contribution in [-0.4, -0.2) is 29.2 Å². The van der Waals surface area contributed by atoms with Crippen molar-refractivity contribution in [3.63, 3.8) is 0 Å². The molecular formula is C54H42I2O5. The smallest absolute Gasteiger partial charge is 0.158 e. The van der Waals surface area contributed by atoms with Crippen molar-refractivity contribution in [2.24, 2.45) is 0 Å². The number of benzene rings is 6. The lowest BCUT2D eigenvalue weighted by Crippen LogP contribution is -2.32. The minimum atomic E-state index is -0.333. The largest absolute Gasteiger partial charge is 0.392 e. The molecule has 1 heterocycles. The third-order valence-corrected chi connectivity index (χ3v) is 10.8. The molecule has 7 heteroatoms. The Balaban J connectivity index is 1.10. The summed E-state index contributed by atoms with van der Waals surface area (Å²) in [5.74, 6) is 26.4. The predicted octanol–water partition coefficient (Wildman–Crippen LogP) is 10.1. The minimum Gasteiger partial charge on any atom is -0.392 e. The molecule has 2 atom stereocenters. The van der Waals surface area contributed by atoms with Gasteiger partial charge in [0.25, 0.3) is 0 Å². The number of ether oxygens (including phenoxy) is 3. The van der Waals surface area contributed by atoms with Crippen molar-refractivity contribution < 1.29 is 24.4 Å². The summed E-state index contributed by atoms with van der Waals surface area (Å²) in [6.07, 6.45) is 2.40. The lowest BCUT2D eigenvalue weighted by Gasteiger charge is -2.30. The predicted molar refractivity (Wildman–Crippen MR) is 257 cm³/mol. The van der Waals surface area contributed by atoms with Crippen LogP contribution in [0.4, 0.5) is 0 Å². The van der Waals surface area contributed by atoms with Gasteiger partial charge in [0.05, 0.1) is 39.1 Å². The molecule has 1 aliphatic rings. The van der Waals surface area contributed by atoms with Crippen molar-refractivity contribution in [2.45, 2.75) is 58.1 Å². The second-order valence-electron chi connectivity index (χ2n) is 14.5. The second kappa shape index (κ2) is 22.6. The van der Waals surface area contributed by atoms with Crippen LogP contribution >= 0.6 is 45.2 Å². The highest BCUT2D eigenvalue weighted by Crippen LogP contribution is 2.23. The summed E-state index contributed by atoms with van der Waals surface area (Å²) in [5, 5.41) is 19.2. The van der Waals surface area contributed by atoms with Crippen molar-refractivity contribution in [3.05, 3.63) is 207 Å². The summed E-state index contributed by atoms with van der Waals surface area (Å²) in [4.78, 5) is 0. The number of hydrogen-bond donors (Lipinski definition) is 2. The van der Waals surface area contributed by atoms with Crippen LogP contribution in [0.3, 0.4) is 0 Å². The Kier molecular flexibility index (Phi) is 16.3. The topological polar surface area (TPSA) is 68.2 Å². The highest BCUT2D eigenvalue weighted by atomic mass is 127. The molecule has 61 heavy (non-hydrogen) atoms. The molecule has 7 rings (SSSR count). The van der Waals surface area contributed by atoms with E-state index in [0.29, 0.717) is 19.8 Å². The van der Waals surface area contributed by atoms with E-state index in [4.69, 9.17) is 14.2 Å². The molecule has 0 bridgehead atoms. The standard InChI is InChI=1S/C54H42I2O5/c55-51-30-46(26-48(32-51)34-57)21-17-41-11-4-9-39(23-41)15-19-44-25-45(20-16-40-10-5-12-42(24-40)18-22-47-27-49(35-58)33-52(56)31-47)29-50(28-44)37-60-54-14-6-13-53(61-54)38-59-36-43-7-2-1-3-8-43/h1-5,7-12,23-33,53-54,57-58H,6,13-14,34-38H2. The maximum atomic E-state index is 9.61. The summed E-state index contributed by atoms with van der Waals surface area (Å²) in [6, 6.07) is 43.7. The molecule has 2 N–H and O–H groups in total. The first-order valence-electron chi connectivity index (χ1n) is 20.0. The Hall–Kier alpha value is -5.18. The van der Waals surface area contributed by atoms with Gasteiger partial charge in [0.1, 0.15) is 0 Å². The first-order chi connectivity index (χ1) is 29.8. The molecule has 1 saturated heterocycles. The molecule has 5 nitrogen and oxygen atoms in total. The average Bonchev–Trinajstić information content (AvgIpc) is 3.28. The molecule has 0 spiro atoms. The number of rotatable bonds is 9. The third-order valence-electron chi connectivity index (χ3n) is 9.56. The molecule has 0 aliphatic carbocycles. The number of aliphatic hydroxyl groups is 2. The second-order valence-corrected chi connectivity index (χ2v) is 17.0. The van der Waals surface area contributed by atoms with Crippen LogP contribution in [0.25, 0.3) is 0 Å². The number of aliphatic hydroxyl groups excluding tert-OH is 2. The normalized spacial score (nSPS) is 14.2. The lowest BCUT2D eigenvalue weighted by atomic mass is 10.0. The van der Waals surface area contributed by atoms with E-state index in [2.05, 4.69) is 105 Å². The van der Waals surface area contributed by atoms with Gasteiger partial charge in [0.2, 0.25) is 0 Å². The summed E-state index contributed by atoms with van der Waals surface area (Å²) in [7, 11) is 0. The van der Waals surface area contributed by atoms with E-state index < -0.39 is 0 Å². The van der Waals surface area contributed by atoms with E-state index in [-0.39, 0.29) is 25.6 Å². The van der Waals surface area contributed by atoms with Gasteiger partial charge >= 0.3 is 0 Å². The first-order valence-corrected chi connectivity index (χ1v) is 22.1. The van der Waals surface area contributed by atoms with Crippen LogP contribution in [0, 0.1) is 54.5 Å². The van der Waals surface area contributed by atoms with Gasteiger partial charge in [-0.25, -0.2) is 0 Å². The molecule has 0 radical (unpaired) electrons. The van der Waals surface area contributed by atoms with Crippen molar-refractivity contribution in [2.75, 3.05) is 6.61 Å². The van der Waals surface area contributed by atoms with Crippen LogP contribution in [-0.2, 0) is 40.6 Å². The Morgan fingerprint density at radius 3 is 1.44 bits per heavy atom. The van der Waals surface area contributed by atoms with Crippen LogP contribution in [0.15, 0.2) is 133 Å². The van der Waals surface area contributed by atoms with E-state index >= 15 is 0 Å². The van der Waals surface area contributed by atoms with E-state index in [1.54, 1.807) is 0 Å². The quantitative estimate of drug-likeness (QED) is 0.112. The Morgan fingerprint density at radius 2 is 0.934 bits per heavy atom. The summed E-state index contributed by atoms with van der Waals surface area (Å²) in [6.45, 7) is 1.36. The van der Waals surface area contributed by atoms with Gasteiger partial charge in [-0.3, -0.25) is 0 Å². The van der Waals surface area contributed by atoms with Crippen LogP contribution < -0.4 is 0 Å². The molecule has 302 valence electrons. The summed E-state index contributed by atoms with van der Waals surface area (Å²) >= 11 is 4.48. The van der Waals surface area contributed by atoms with Gasteiger partial charge < -0.3 is 24.4 Å². The highest BCUT2D eigenvalue weighted by molar-refractivity contribution is 14.1. The summed E-state index contributed by atoms with van der Waals surface area (Å²) < 4.78 is 20.7. The minimum absolute atomic E-state index is 0.0223. The van der Waals surface area contributed by atoms with Crippen LogP contribution in [0.5, 0.6) is 0 Å². The molecule has 6 aromatic carbocycles. The first kappa shape index (κ1) is 43.9. The molecule has 2 unspecified atom stereocenters. The third kappa shape index (κ3) is 14.2. The van der Waals surface area contributed by atoms with Crippen LogP contribution in [0.2, 0.25) is 0 Å². The van der Waals surface area contributed by atoms with Gasteiger partial charge in [-0.1, -0.05) is 89.8 Å². The fourth-order valence-electron chi connectivity index (χ4n) is 6.65. The zero-order chi connectivity index (χ0) is 42.2. The number of halogens is 2. The van der Waals surface area contributed by atoms with Crippen LogP contribution in [0.1, 0.15) is 86.0 Å². The van der Waals surface area contributed by atoms with Crippen molar-refractivity contribution in [1.82, 2.24) is 0 Å². The Labute approximate surface area is 386 Å². The number of hydrogen-bond acceptors (Lipinski definition) is 5. The van der Waals surface area contributed by atoms with Crippen molar-refractivity contribution >= 4 is 45.2 Å².